The number of guanidine groups is 1. The first-order valence-electron chi connectivity index (χ1n) is 30.4. The Morgan fingerprint density at radius 2 is 1.04 bits per heavy atom. The molecule has 0 radical (unpaired) electrons. The van der Waals surface area contributed by atoms with Crippen LogP contribution in [0.15, 0.2) is 35.3 Å². The number of aliphatic hydroxyl groups is 2. The molecular formula is C58H92N16O16. The maximum atomic E-state index is 14.6. The molecule has 12 atom stereocenters. The van der Waals surface area contributed by atoms with E-state index in [-0.39, 0.29) is 70.7 Å². The predicted molar refractivity (Wildman–Crippen MR) is 324 cm³/mol. The number of rotatable bonds is 34. The van der Waals surface area contributed by atoms with Crippen LogP contribution in [0.2, 0.25) is 0 Å². The largest absolute Gasteiger partial charge is 0.480 e. The highest BCUT2D eigenvalue weighted by Crippen LogP contribution is 2.29. The van der Waals surface area contributed by atoms with Gasteiger partial charge in [0.1, 0.15) is 60.4 Å². The molecule has 3 aliphatic heterocycles. The van der Waals surface area contributed by atoms with Gasteiger partial charge in [-0.25, -0.2) is 4.79 Å². The van der Waals surface area contributed by atoms with Crippen molar-refractivity contribution >= 4 is 82.8 Å². The summed E-state index contributed by atoms with van der Waals surface area (Å²) >= 11 is 0. The Bertz CT molecular complexity index is 2750. The number of nitrogens with one attached hydrogen (secondary N) is 8. The molecule has 0 aliphatic carbocycles. The number of carboxylic acids is 1. The van der Waals surface area contributed by atoms with Crippen LogP contribution in [0.3, 0.4) is 0 Å². The number of hydrogen-bond acceptors (Lipinski definition) is 17. The van der Waals surface area contributed by atoms with E-state index in [4.69, 9.17) is 22.9 Å². The molecule has 12 amide bonds. The number of carbonyl (C=O) groups excluding carboxylic acids is 12. The third-order valence-electron chi connectivity index (χ3n) is 16.1. The highest BCUT2D eigenvalue weighted by atomic mass is 16.4. The van der Waals surface area contributed by atoms with Crippen LogP contribution < -0.4 is 65.5 Å². The second-order valence-corrected chi connectivity index (χ2v) is 23.5. The molecule has 0 saturated carbocycles. The zero-order valence-corrected chi connectivity index (χ0v) is 51.9. The highest BCUT2D eigenvalue weighted by molar-refractivity contribution is 6.00. The van der Waals surface area contributed by atoms with Crippen LogP contribution in [-0.4, -0.2) is 225 Å². The summed E-state index contributed by atoms with van der Waals surface area (Å²) in [6.07, 6.45) is 1.90. The first-order chi connectivity index (χ1) is 42.5. The molecule has 500 valence electrons. The SMILES string of the molecule is CC[C@H](C)[C@H](NC(=O)[C@@H](NC(=O)[C@@H](NC(=O)[C@@H]1CCCN1C(=O)[C@@H]1CCCN1C(=O)[C@@H]1CCCN1C(=O)CNC(=O)[C@H](Cc1ccccc1)NC(=O)[C@H](CO)NC(=O)[C@H](CO)NC(=O)[C@@H](N)CC(N)=O)C(C)C)C(C)C)C(=O)N[C@@H](CCCN=C(N)N)C(=O)O. The quantitative estimate of drug-likeness (QED) is 0.0174. The number of aliphatic hydroxyl groups excluding tert-OH is 2. The van der Waals surface area contributed by atoms with Gasteiger partial charge in [0.2, 0.25) is 70.9 Å². The van der Waals surface area contributed by atoms with Crippen LogP contribution in [0.1, 0.15) is 111 Å². The molecule has 19 N–H and O–H groups in total. The van der Waals surface area contributed by atoms with E-state index in [0.717, 1.165) is 0 Å². The molecule has 3 saturated heterocycles. The van der Waals surface area contributed by atoms with Crippen molar-refractivity contribution in [1.29, 1.82) is 0 Å². The number of nitrogens with zero attached hydrogens (tertiary/aromatic N) is 4. The van der Waals surface area contributed by atoms with Gasteiger partial charge >= 0.3 is 5.97 Å². The number of carbonyl (C=O) groups is 13. The molecule has 1 aromatic carbocycles. The van der Waals surface area contributed by atoms with Crippen molar-refractivity contribution in [2.24, 2.45) is 45.7 Å². The van der Waals surface area contributed by atoms with E-state index in [1.165, 1.54) is 14.7 Å². The Hall–Kier alpha value is -8.52. The van der Waals surface area contributed by atoms with Gasteiger partial charge < -0.3 is 95.5 Å². The second-order valence-electron chi connectivity index (χ2n) is 23.5. The van der Waals surface area contributed by atoms with E-state index in [1.807, 2.05) is 0 Å². The van der Waals surface area contributed by atoms with E-state index in [1.54, 1.807) is 71.9 Å². The number of benzene rings is 1. The summed E-state index contributed by atoms with van der Waals surface area (Å²) in [6.45, 7) is 8.16. The maximum Gasteiger partial charge on any atom is 0.326 e. The Kier molecular flexibility index (Phi) is 29.3. The first kappa shape index (κ1) is 73.9. The minimum Gasteiger partial charge on any atom is -0.480 e. The van der Waals surface area contributed by atoms with Gasteiger partial charge in [-0.1, -0.05) is 78.3 Å². The lowest BCUT2D eigenvalue weighted by Gasteiger charge is -2.34. The van der Waals surface area contributed by atoms with Crippen molar-refractivity contribution in [3.8, 4) is 0 Å². The number of likely N-dealkylation sites (tertiary alicyclic amines) is 3. The van der Waals surface area contributed by atoms with Gasteiger partial charge in [-0.3, -0.25) is 62.5 Å². The van der Waals surface area contributed by atoms with Gasteiger partial charge in [-0.15, -0.1) is 0 Å². The first-order valence-corrected chi connectivity index (χ1v) is 30.4. The van der Waals surface area contributed by atoms with E-state index < -0.39 is 187 Å². The Morgan fingerprint density at radius 1 is 0.578 bits per heavy atom. The van der Waals surface area contributed by atoms with Crippen molar-refractivity contribution in [3.05, 3.63) is 35.9 Å². The Labute approximate surface area is 522 Å². The van der Waals surface area contributed by atoms with Crippen molar-refractivity contribution in [1.82, 2.24) is 57.2 Å². The molecule has 90 heavy (non-hydrogen) atoms. The van der Waals surface area contributed by atoms with Gasteiger partial charge in [0.15, 0.2) is 5.96 Å². The zero-order chi connectivity index (χ0) is 67.1. The topological polar surface area (TPSA) is 505 Å². The van der Waals surface area contributed by atoms with Crippen LogP contribution >= 0.6 is 0 Å². The Balaban J connectivity index is 1.41. The summed E-state index contributed by atoms with van der Waals surface area (Å²) in [6, 6.07) is -5.89. The lowest BCUT2D eigenvalue weighted by atomic mass is 9.95. The van der Waals surface area contributed by atoms with Crippen LogP contribution in [0.25, 0.3) is 0 Å². The zero-order valence-electron chi connectivity index (χ0n) is 51.9. The van der Waals surface area contributed by atoms with Gasteiger partial charge in [0, 0.05) is 32.6 Å². The maximum absolute atomic E-state index is 14.6. The summed E-state index contributed by atoms with van der Waals surface area (Å²) in [5.41, 5.74) is 22.0. The molecule has 32 nitrogen and oxygen atoms in total. The number of amides is 12. The lowest BCUT2D eigenvalue weighted by Crippen LogP contribution is -2.61. The molecule has 3 aliphatic rings. The third-order valence-corrected chi connectivity index (χ3v) is 16.1. The van der Waals surface area contributed by atoms with Gasteiger partial charge in [0.05, 0.1) is 32.2 Å². The minimum absolute atomic E-state index is 0.00732. The molecular weight excluding hydrogens is 1180 g/mol. The van der Waals surface area contributed by atoms with Crippen molar-refractivity contribution in [2.75, 3.05) is 45.9 Å². The number of hydrogen-bond donors (Lipinski definition) is 15. The van der Waals surface area contributed by atoms with E-state index >= 15 is 0 Å². The molecule has 32 heteroatoms. The van der Waals surface area contributed by atoms with Gasteiger partial charge in [-0.05, 0) is 74.7 Å². The van der Waals surface area contributed by atoms with Crippen LogP contribution in [-0.2, 0) is 68.7 Å². The summed E-state index contributed by atoms with van der Waals surface area (Å²) in [4.78, 5) is 183. The molecule has 0 spiro atoms. The van der Waals surface area contributed by atoms with Crippen LogP contribution in [0.4, 0.5) is 0 Å². The number of nitrogens with two attached hydrogens (primary N) is 4. The smallest absolute Gasteiger partial charge is 0.326 e. The van der Waals surface area contributed by atoms with E-state index in [9.17, 15) is 77.6 Å². The van der Waals surface area contributed by atoms with Crippen molar-refractivity contribution in [2.45, 2.75) is 179 Å². The predicted octanol–water partition coefficient (Wildman–Crippen LogP) is -5.60. The standard InChI is InChI=1S/C58H92N16O16/c1-7-32(6)46(54(86)65-35(57(89)90)17-11-21-63-58(61)62)71-53(85)45(31(4)5)70-52(84)44(30(2)3)69-51(83)39-18-12-23-73(39)56(88)41-20-14-24-74(41)55(87)40-19-13-22-72(40)43(78)27-64-48(80)36(25-33-15-9-8-10-16-33)66-49(81)38(29-76)68-50(82)37(28-75)67-47(79)34(59)26-42(60)77/h8-10,15-16,30-32,34-41,44-46,75-76H,7,11-14,17-29,59H2,1-6H3,(H2,60,77)(H,64,80)(H,65,86)(H,66,81)(H,67,79)(H,68,82)(H,69,83)(H,70,84)(H,71,85)(H,89,90)(H4,61,62,63)/t32-,34-,35-,36-,37-,38-,39-,40-,41-,44-,45-,46-/m0/s1. The summed E-state index contributed by atoms with van der Waals surface area (Å²) < 4.78 is 0. The average molecular weight is 1270 g/mol. The normalized spacial score (nSPS) is 19.3. The minimum atomic E-state index is -1.73. The summed E-state index contributed by atoms with van der Waals surface area (Å²) in [5, 5.41) is 49.8. The van der Waals surface area contributed by atoms with Crippen LogP contribution in [0.5, 0.6) is 0 Å². The summed E-state index contributed by atoms with van der Waals surface area (Å²) in [7, 11) is 0. The molecule has 1 aromatic rings. The molecule has 4 rings (SSSR count). The fourth-order valence-corrected chi connectivity index (χ4v) is 10.8. The molecule has 0 bridgehead atoms. The van der Waals surface area contributed by atoms with Crippen LogP contribution in [0, 0.1) is 17.8 Å². The van der Waals surface area contributed by atoms with Gasteiger partial charge in [0.25, 0.3) is 0 Å². The number of aliphatic carboxylic acids is 1. The van der Waals surface area contributed by atoms with E-state index in [0.29, 0.717) is 31.2 Å². The average Bonchev–Trinajstić information content (AvgIpc) is 1.68. The van der Waals surface area contributed by atoms with Gasteiger partial charge in [-0.2, -0.15) is 0 Å². The monoisotopic (exact) mass is 1270 g/mol. The second kappa shape index (κ2) is 35.6. The highest BCUT2D eigenvalue weighted by Gasteiger charge is 2.47. The molecule has 3 fully saturated rings. The third kappa shape index (κ3) is 21.3. The number of primary amides is 1. The fraction of sp³-hybridized carbons (Fsp3) is 0.655. The molecule has 3 heterocycles. The van der Waals surface area contributed by atoms with E-state index in [2.05, 4.69) is 47.5 Å². The fourth-order valence-electron chi connectivity index (χ4n) is 10.8. The summed E-state index contributed by atoms with van der Waals surface area (Å²) in [5.74, 6) is -12.5. The molecule has 0 aromatic heterocycles. The Morgan fingerprint density at radius 3 is 1.56 bits per heavy atom. The van der Waals surface area contributed by atoms with Crippen molar-refractivity contribution in [3.63, 3.8) is 0 Å². The lowest BCUT2D eigenvalue weighted by molar-refractivity contribution is -0.150. The molecule has 0 unspecified atom stereocenters. The van der Waals surface area contributed by atoms with Crippen molar-refractivity contribution < 1.29 is 77.6 Å². The number of aliphatic imine (C=N–C) groups is 1. The number of carboxylic acid groups (broad SMARTS) is 1.